The summed E-state index contributed by atoms with van der Waals surface area (Å²) in [5.74, 6) is -1.56. The molecule has 1 rings (SSSR count). The predicted octanol–water partition coefficient (Wildman–Crippen LogP) is -10.1. The number of benzene rings is 1. The van der Waals surface area contributed by atoms with Gasteiger partial charge in [-0.2, -0.15) is 0 Å². The van der Waals surface area contributed by atoms with Gasteiger partial charge < -0.3 is 15.3 Å². The molecule has 12 heavy (non-hydrogen) atoms. The summed E-state index contributed by atoms with van der Waals surface area (Å²) in [5.41, 5.74) is 0. The van der Waals surface area contributed by atoms with E-state index in [2.05, 4.69) is 0 Å². The van der Waals surface area contributed by atoms with Crippen molar-refractivity contribution in [1.29, 1.82) is 0 Å². The molecule has 0 bridgehead atoms. The van der Waals surface area contributed by atoms with Gasteiger partial charge in [-0.15, -0.1) is 17.2 Å². The summed E-state index contributed by atoms with van der Waals surface area (Å²) in [7, 11) is 0. The number of hydrogen-bond acceptors (Lipinski definition) is 3. The van der Waals surface area contributed by atoms with Crippen molar-refractivity contribution in [2.24, 2.45) is 0 Å². The minimum atomic E-state index is -0.521. The van der Waals surface area contributed by atoms with Gasteiger partial charge in [0.1, 0.15) is 0 Å². The van der Waals surface area contributed by atoms with Gasteiger partial charge in [-0.05, 0) is 0 Å². The topological polar surface area (TPSA) is 69.2 Å². The molecule has 6 heteroatoms. The zero-order valence-corrected chi connectivity index (χ0v) is 13.5. The molecule has 0 amide bonds. The van der Waals surface area contributed by atoms with E-state index in [1.807, 2.05) is 0 Å². The molecule has 0 N–H and O–H groups in total. The van der Waals surface area contributed by atoms with Crippen LogP contribution in [-0.4, -0.2) is 0 Å². The summed E-state index contributed by atoms with van der Waals surface area (Å²) >= 11 is 0. The van der Waals surface area contributed by atoms with Gasteiger partial charge in [0.25, 0.3) is 0 Å². The van der Waals surface area contributed by atoms with Crippen LogP contribution in [-0.2, 0) is 0 Å². The van der Waals surface area contributed by atoms with E-state index in [4.69, 9.17) is 0 Å². The Bertz CT molecular complexity index is 179. The first-order valence-corrected chi connectivity index (χ1v) is 2.34. The molecule has 1 aromatic carbocycles. The van der Waals surface area contributed by atoms with E-state index in [9.17, 15) is 15.3 Å². The van der Waals surface area contributed by atoms with Gasteiger partial charge in [-0.25, -0.2) is 0 Å². The van der Waals surface area contributed by atoms with Crippen LogP contribution >= 0.6 is 0 Å². The Hall–Kier alpha value is 1.62. The maximum absolute atomic E-state index is 10.3. The van der Waals surface area contributed by atoms with Gasteiger partial charge in [0.05, 0.1) is 0 Å². The molecule has 0 radical (unpaired) electrons. The second-order valence-corrected chi connectivity index (χ2v) is 1.64. The first-order chi connectivity index (χ1) is 4.18. The van der Waals surface area contributed by atoms with Crippen LogP contribution in [0.1, 0.15) is 0 Å². The Morgan fingerprint density at radius 2 is 0.750 bits per heavy atom. The van der Waals surface area contributed by atoms with Crippen molar-refractivity contribution in [1.82, 2.24) is 0 Å². The van der Waals surface area contributed by atoms with Crippen LogP contribution in [0.4, 0.5) is 0 Å². The molecular weight excluding hydrogens is 189 g/mol. The van der Waals surface area contributed by atoms with E-state index in [1.165, 1.54) is 0 Å². The monoisotopic (exact) mass is 192 g/mol. The maximum atomic E-state index is 10.3. The van der Waals surface area contributed by atoms with Crippen molar-refractivity contribution >= 4 is 0 Å². The molecule has 0 aliphatic carbocycles. The summed E-state index contributed by atoms with van der Waals surface area (Å²) in [6.45, 7) is 0. The van der Waals surface area contributed by atoms with E-state index in [-0.39, 0.29) is 88.7 Å². The second kappa shape index (κ2) is 9.19. The van der Waals surface area contributed by atoms with Gasteiger partial charge >= 0.3 is 88.7 Å². The Morgan fingerprint density at radius 3 is 0.917 bits per heavy atom. The maximum Gasteiger partial charge on any atom is 1.00 e. The Kier molecular flexibility index (Phi) is 14.7. The van der Waals surface area contributed by atoms with Crippen molar-refractivity contribution in [3.05, 3.63) is 18.2 Å². The van der Waals surface area contributed by atoms with Gasteiger partial charge in [-0.3, -0.25) is 0 Å². The Labute approximate surface area is 137 Å². The SMILES string of the molecule is [Na+].[Na+].[Na+].[O-]c1cc([O-])cc([O-])c1. The van der Waals surface area contributed by atoms with Crippen molar-refractivity contribution in [3.63, 3.8) is 0 Å². The summed E-state index contributed by atoms with van der Waals surface area (Å²) in [6.07, 6.45) is 0. The molecular formula is C6H3Na3O3. The average Bonchev–Trinajstić information content (AvgIpc) is 1.59. The van der Waals surface area contributed by atoms with Crippen molar-refractivity contribution < 1.29 is 104 Å². The second-order valence-electron chi connectivity index (χ2n) is 1.64. The van der Waals surface area contributed by atoms with Crippen LogP contribution in [0.3, 0.4) is 0 Å². The Morgan fingerprint density at radius 1 is 0.583 bits per heavy atom. The van der Waals surface area contributed by atoms with Crippen molar-refractivity contribution in [2.75, 3.05) is 0 Å². The van der Waals surface area contributed by atoms with Crippen LogP contribution in [0.25, 0.3) is 0 Å². The smallest absolute Gasteiger partial charge is 0.872 e. The minimum absolute atomic E-state index is 0. The van der Waals surface area contributed by atoms with Crippen LogP contribution in [0, 0.1) is 0 Å². The molecule has 0 aromatic heterocycles. The fourth-order valence-electron chi connectivity index (χ4n) is 0.546. The van der Waals surface area contributed by atoms with Crippen LogP contribution in [0.5, 0.6) is 17.2 Å². The molecule has 48 valence electrons. The third-order valence-corrected chi connectivity index (χ3v) is 0.854. The third kappa shape index (κ3) is 7.06. The average molecular weight is 192 g/mol. The largest absolute Gasteiger partial charge is 1.00 e. The summed E-state index contributed by atoms with van der Waals surface area (Å²) < 4.78 is 0. The van der Waals surface area contributed by atoms with E-state index in [0.717, 1.165) is 18.2 Å². The van der Waals surface area contributed by atoms with Crippen molar-refractivity contribution in [3.8, 4) is 17.2 Å². The molecule has 0 saturated heterocycles. The first-order valence-electron chi connectivity index (χ1n) is 2.34. The third-order valence-electron chi connectivity index (χ3n) is 0.854. The molecule has 3 nitrogen and oxygen atoms in total. The van der Waals surface area contributed by atoms with Gasteiger partial charge in [0.2, 0.25) is 0 Å². The molecule has 0 fully saturated rings. The minimum Gasteiger partial charge on any atom is -0.872 e. The molecule has 0 aliphatic rings. The zero-order chi connectivity index (χ0) is 6.85. The van der Waals surface area contributed by atoms with Crippen LogP contribution < -0.4 is 104 Å². The van der Waals surface area contributed by atoms with Gasteiger partial charge in [0, 0.05) is 0 Å². The summed E-state index contributed by atoms with van der Waals surface area (Å²) in [4.78, 5) is 0. The van der Waals surface area contributed by atoms with E-state index in [0.29, 0.717) is 0 Å². The predicted molar refractivity (Wildman–Crippen MR) is 24.8 cm³/mol. The molecule has 0 atom stereocenters. The quantitative estimate of drug-likeness (QED) is 0.383. The molecule has 0 heterocycles. The molecule has 0 saturated carbocycles. The van der Waals surface area contributed by atoms with E-state index < -0.39 is 17.2 Å². The van der Waals surface area contributed by atoms with E-state index >= 15 is 0 Å². The molecule has 0 unspecified atom stereocenters. The zero-order valence-electron chi connectivity index (χ0n) is 7.46. The number of hydrogen-bond donors (Lipinski definition) is 0. The Balaban J connectivity index is -0.000000270. The first kappa shape index (κ1) is 19.2. The van der Waals surface area contributed by atoms with Crippen LogP contribution in [0.15, 0.2) is 18.2 Å². The van der Waals surface area contributed by atoms with Gasteiger partial charge in [-0.1, -0.05) is 18.2 Å². The van der Waals surface area contributed by atoms with E-state index in [1.54, 1.807) is 0 Å². The molecule has 0 aliphatic heterocycles. The fourth-order valence-corrected chi connectivity index (χ4v) is 0.546. The molecule has 0 spiro atoms. The van der Waals surface area contributed by atoms with Gasteiger partial charge in [0.15, 0.2) is 0 Å². The molecule has 1 aromatic rings. The summed E-state index contributed by atoms with van der Waals surface area (Å²) in [5, 5.41) is 30.9. The summed E-state index contributed by atoms with van der Waals surface area (Å²) in [6, 6.07) is 2.63. The number of rotatable bonds is 0. The standard InChI is InChI=1S/C6H6O3.3Na/c7-4-1-5(8)3-6(9)2-4;;;/h1-3,7-9H;;;/q;3*+1/p-3. The van der Waals surface area contributed by atoms with Crippen LogP contribution in [0.2, 0.25) is 0 Å². The van der Waals surface area contributed by atoms with Crippen molar-refractivity contribution in [2.45, 2.75) is 0 Å². The fraction of sp³-hybridized carbons (Fsp3) is 0. The normalized spacial score (nSPS) is 7.00.